The molecule has 4 heterocycles. The molecule has 1 aromatic carbocycles. The van der Waals surface area contributed by atoms with Gasteiger partial charge in [-0.05, 0) is 87.8 Å². The van der Waals surface area contributed by atoms with Crippen LogP contribution in [0.1, 0.15) is 64.0 Å². The van der Waals surface area contributed by atoms with Crippen LogP contribution in [0.15, 0.2) is 35.0 Å². The molecule has 0 aliphatic carbocycles. The van der Waals surface area contributed by atoms with Crippen LogP contribution in [0.5, 0.6) is 0 Å². The maximum absolute atomic E-state index is 15.4. The summed E-state index contributed by atoms with van der Waals surface area (Å²) in [4.78, 5) is 30.9. The number of nitrogens with zero attached hydrogens (tertiary/aromatic N) is 5. The first-order valence-corrected chi connectivity index (χ1v) is 15.3. The molecule has 11 heteroatoms. The largest absolute Gasteiger partial charge is 0.378 e. The fourth-order valence-electron chi connectivity index (χ4n) is 6.16. The molecular formula is C31H41ClFN7O2. The van der Waals surface area contributed by atoms with Crippen LogP contribution < -0.4 is 10.6 Å². The Bertz CT molecular complexity index is 1370. The van der Waals surface area contributed by atoms with Crippen molar-refractivity contribution in [3.8, 4) is 0 Å². The van der Waals surface area contributed by atoms with Gasteiger partial charge in [-0.2, -0.15) is 4.98 Å². The van der Waals surface area contributed by atoms with E-state index in [0.717, 1.165) is 36.9 Å². The fourth-order valence-corrected chi connectivity index (χ4v) is 6.30. The molecule has 2 fully saturated rings. The fraction of sp³-hybridized carbons (Fsp3) is 0.548. The lowest BCUT2D eigenvalue weighted by molar-refractivity contribution is -0.145. The molecule has 9 nitrogen and oxygen atoms in total. The van der Waals surface area contributed by atoms with Gasteiger partial charge in [-0.25, -0.2) is 9.37 Å². The van der Waals surface area contributed by atoms with Crippen molar-refractivity contribution in [2.45, 2.75) is 77.9 Å². The molecule has 2 N–H and O–H groups in total. The Labute approximate surface area is 252 Å². The van der Waals surface area contributed by atoms with Gasteiger partial charge in [-0.1, -0.05) is 18.5 Å². The third-order valence-corrected chi connectivity index (χ3v) is 8.81. The minimum Gasteiger partial charge on any atom is -0.378 e. The van der Waals surface area contributed by atoms with E-state index in [0.29, 0.717) is 48.7 Å². The number of nitrogens with one attached hydrogen (secondary N) is 2. The minimum atomic E-state index is -0.376. The number of aliphatic imine (C=N–C) groups is 1. The Morgan fingerprint density at radius 2 is 1.95 bits per heavy atom. The Hall–Kier alpha value is -3.08. The Balaban J connectivity index is 1.23. The Kier molecular flexibility index (Phi) is 9.44. The number of carbonyl (C=O) groups excluding carboxylic acids is 1. The van der Waals surface area contributed by atoms with Crippen molar-refractivity contribution in [3.63, 3.8) is 0 Å². The van der Waals surface area contributed by atoms with Gasteiger partial charge < -0.3 is 20.3 Å². The van der Waals surface area contributed by atoms with Crippen LogP contribution in [0.25, 0.3) is 0 Å². The molecule has 3 aliphatic rings. The summed E-state index contributed by atoms with van der Waals surface area (Å²) >= 11 is 6.34. The number of ether oxygens (including phenoxy) is 1. The second-order valence-electron chi connectivity index (χ2n) is 11.7. The van der Waals surface area contributed by atoms with Crippen LogP contribution in [0.4, 0.5) is 21.8 Å². The van der Waals surface area contributed by atoms with Gasteiger partial charge in [0, 0.05) is 25.7 Å². The van der Waals surface area contributed by atoms with Gasteiger partial charge in [-0.15, -0.1) is 0 Å². The summed E-state index contributed by atoms with van der Waals surface area (Å²) < 4.78 is 21.0. The van der Waals surface area contributed by atoms with Gasteiger partial charge in [0.2, 0.25) is 11.9 Å². The number of likely N-dealkylation sites (tertiary alicyclic amines) is 1. The molecule has 0 bridgehead atoms. The number of amidine groups is 1. The van der Waals surface area contributed by atoms with Gasteiger partial charge >= 0.3 is 0 Å². The topological polar surface area (TPSA) is 95.0 Å². The van der Waals surface area contributed by atoms with Crippen LogP contribution in [-0.2, 0) is 9.53 Å². The number of hydrogen-bond acceptors (Lipinski definition) is 8. The van der Waals surface area contributed by atoms with E-state index in [2.05, 4.69) is 51.3 Å². The smallest absolute Gasteiger partial charge is 0.242 e. The number of hydrogen-bond donors (Lipinski definition) is 2. The van der Waals surface area contributed by atoms with Crippen molar-refractivity contribution in [3.05, 3.63) is 51.9 Å². The monoisotopic (exact) mass is 597 g/mol. The number of rotatable bonds is 7. The summed E-state index contributed by atoms with van der Waals surface area (Å²) in [5, 5.41) is 6.53. The number of amides is 1. The summed E-state index contributed by atoms with van der Waals surface area (Å²) in [7, 11) is 0. The Morgan fingerprint density at radius 1 is 1.19 bits per heavy atom. The van der Waals surface area contributed by atoms with Gasteiger partial charge in [-0.3, -0.25) is 14.7 Å². The summed E-state index contributed by atoms with van der Waals surface area (Å²) in [6.07, 6.45) is 5.96. The van der Waals surface area contributed by atoms with Gasteiger partial charge in [0.15, 0.2) is 5.82 Å². The lowest BCUT2D eigenvalue weighted by Crippen LogP contribution is -2.57. The number of benzene rings is 1. The maximum Gasteiger partial charge on any atom is 0.242 e. The molecule has 2 saturated heterocycles. The van der Waals surface area contributed by atoms with E-state index in [-0.39, 0.29) is 41.7 Å². The van der Waals surface area contributed by atoms with E-state index < -0.39 is 0 Å². The highest BCUT2D eigenvalue weighted by Crippen LogP contribution is 2.34. The maximum atomic E-state index is 15.4. The molecule has 2 unspecified atom stereocenters. The average Bonchev–Trinajstić information content (AvgIpc) is 3.34. The molecule has 226 valence electrons. The number of anilines is 3. The number of carbonyl (C=O) groups is 1. The molecule has 42 heavy (non-hydrogen) atoms. The molecule has 0 saturated carbocycles. The van der Waals surface area contributed by atoms with Crippen molar-refractivity contribution in [1.29, 1.82) is 0 Å². The number of morpholine rings is 1. The number of piperidine rings is 1. The highest BCUT2D eigenvalue weighted by atomic mass is 35.5. The first kappa shape index (κ1) is 30.4. The van der Waals surface area contributed by atoms with Crippen molar-refractivity contribution >= 4 is 40.8 Å². The van der Waals surface area contributed by atoms with Crippen molar-refractivity contribution < 1.29 is 13.9 Å². The first-order valence-electron chi connectivity index (χ1n) is 14.9. The van der Waals surface area contributed by atoms with E-state index >= 15 is 4.39 Å². The van der Waals surface area contributed by atoms with E-state index in [4.69, 9.17) is 16.3 Å². The molecule has 2 atom stereocenters. The molecule has 5 rings (SSSR count). The lowest BCUT2D eigenvalue weighted by atomic mass is 9.86. The van der Waals surface area contributed by atoms with Crippen LogP contribution >= 0.6 is 11.6 Å². The number of aromatic nitrogens is 2. The van der Waals surface area contributed by atoms with Crippen LogP contribution in [0, 0.1) is 12.7 Å². The normalized spacial score (nSPS) is 21.9. The summed E-state index contributed by atoms with van der Waals surface area (Å²) in [6, 6.07) is 3.61. The highest BCUT2D eigenvalue weighted by molar-refractivity contribution is 6.33. The highest BCUT2D eigenvalue weighted by Gasteiger charge is 2.35. The van der Waals surface area contributed by atoms with Gasteiger partial charge in [0.25, 0.3) is 0 Å². The predicted molar refractivity (Wildman–Crippen MR) is 165 cm³/mol. The quantitative estimate of drug-likeness (QED) is 0.424. The summed E-state index contributed by atoms with van der Waals surface area (Å²) in [6.45, 7) is 13.5. The zero-order valence-electron chi connectivity index (χ0n) is 25.1. The number of halogens is 2. The molecule has 0 radical (unpaired) electrons. The molecule has 2 aromatic rings. The molecular weight excluding hydrogens is 557 g/mol. The average molecular weight is 598 g/mol. The number of aryl methyl sites for hydroxylation is 1. The van der Waals surface area contributed by atoms with Crippen molar-refractivity contribution in [2.24, 2.45) is 4.99 Å². The second kappa shape index (κ2) is 13.1. The molecule has 0 spiro atoms. The zero-order chi connectivity index (χ0) is 30.0. The predicted octanol–water partition coefficient (Wildman–Crippen LogP) is 5.69. The molecule has 1 amide bonds. The minimum absolute atomic E-state index is 0.137. The van der Waals surface area contributed by atoms with Crippen LogP contribution in [0.2, 0.25) is 5.02 Å². The first-order chi connectivity index (χ1) is 20.1. The summed E-state index contributed by atoms with van der Waals surface area (Å²) in [5.74, 6) is 1.26. The van der Waals surface area contributed by atoms with Crippen molar-refractivity contribution in [2.75, 3.05) is 43.5 Å². The van der Waals surface area contributed by atoms with E-state index in [1.807, 2.05) is 24.8 Å². The zero-order valence-corrected chi connectivity index (χ0v) is 25.8. The van der Waals surface area contributed by atoms with Gasteiger partial charge in [0.05, 0.1) is 31.1 Å². The van der Waals surface area contributed by atoms with Crippen molar-refractivity contribution in [1.82, 2.24) is 19.8 Å². The van der Waals surface area contributed by atoms with E-state index in [9.17, 15) is 4.79 Å². The van der Waals surface area contributed by atoms with E-state index in [1.165, 1.54) is 11.8 Å². The van der Waals surface area contributed by atoms with Crippen LogP contribution in [0.3, 0.4) is 0 Å². The molecule has 3 aliphatic heterocycles. The Morgan fingerprint density at radius 3 is 2.64 bits per heavy atom. The lowest BCUT2D eigenvalue weighted by Gasteiger charge is -2.41. The SMILES string of the molecule is CCC1N=C(Nc2nc(Nc3cc(C)c(C4CCN(C(=O)C5COCCN5C(C)C)CC4)cc3F)ncc2Cl)C=C1C. The molecule has 1 aromatic heterocycles. The summed E-state index contributed by atoms with van der Waals surface area (Å²) in [5.41, 5.74) is 3.42. The van der Waals surface area contributed by atoms with E-state index in [1.54, 1.807) is 12.1 Å². The van der Waals surface area contributed by atoms with Gasteiger partial charge in [0.1, 0.15) is 22.7 Å². The third kappa shape index (κ3) is 6.61. The third-order valence-electron chi connectivity index (χ3n) is 8.53. The second-order valence-corrected chi connectivity index (χ2v) is 12.1. The standard InChI is InChI=1S/C31H41ClFN7O2/c1-6-25-20(5)14-28(35-25)37-29-23(32)16-34-31(38-29)36-26-13-19(4)22(15-24(26)33)21-7-9-39(10-8-21)30(41)27-17-42-12-11-40(27)18(2)3/h13-16,18,21,25,27H,6-12,17H2,1-5H3,(H2,34,35,36,37,38). The van der Waals surface area contributed by atoms with Crippen LogP contribution in [-0.4, -0.2) is 82.5 Å².